The summed E-state index contributed by atoms with van der Waals surface area (Å²) in [6, 6.07) is 9.54. The number of rotatable bonds is 3. The van der Waals surface area contributed by atoms with Crippen LogP contribution in [0.2, 0.25) is 0 Å². The number of allylic oxidation sites excluding steroid dienone is 1. The van der Waals surface area contributed by atoms with E-state index in [1.54, 1.807) is 31.5 Å². The van der Waals surface area contributed by atoms with E-state index in [4.69, 9.17) is 0 Å². The molecule has 4 heteroatoms. The van der Waals surface area contributed by atoms with Crippen molar-refractivity contribution in [3.63, 3.8) is 0 Å². The first kappa shape index (κ1) is 14.9. The van der Waals surface area contributed by atoms with E-state index in [0.29, 0.717) is 11.1 Å². The molecule has 0 fully saturated rings. The predicted molar refractivity (Wildman–Crippen MR) is 91.6 cm³/mol. The van der Waals surface area contributed by atoms with Gasteiger partial charge >= 0.3 is 0 Å². The Morgan fingerprint density at radius 3 is 2.61 bits per heavy atom. The number of carbonyl (C=O) groups is 1. The van der Waals surface area contributed by atoms with Gasteiger partial charge in [-0.1, -0.05) is 35.9 Å². The van der Waals surface area contributed by atoms with Crippen molar-refractivity contribution in [2.24, 2.45) is 0 Å². The van der Waals surface area contributed by atoms with Crippen LogP contribution in [0.25, 0.3) is 17.0 Å². The fourth-order valence-electron chi connectivity index (χ4n) is 2.52. The van der Waals surface area contributed by atoms with Gasteiger partial charge in [0.05, 0.1) is 11.1 Å². The smallest absolute Gasteiger partial charge is 0.259 e. The van der Waals surface area contributed by atoms with Crippen molar-refractivity contribution in [1.29, 1.82) is 0 Å². The molecule has 0 radical (unpaired) electrons. The number of nitrogens with zero attached hydrogens (tertiary/aromatic N) is 1. The highest BCUT2D eigenvalue weighted by molar-refractivity contribution is 6.09. The minimum Gasteiger partial charge on any atom is -0.321 e. The number of aromatic amines is 1. The van der Waals surface area contributed by atoms with Gasteiger partial charge < -0.3 is 4.98 Å². The summed E-state index contributed by atoms with van der Waals surface area (Å²) in [6.45, 7) is 3.77. The number of pyridine rings is 2. The van der Waals surface area contributed by atoms with Crippen LogP contribution in [-0.2, 0) is 0 Å². The second-order valence-corrected chi connectivity index (χ2v) is 5.48. The van der Waals surface area contributed by atoms with Gasteiger partial charge in [-0.15, -0.1) is 0 Å². The van der Waals surface area contributed by atoms with Crippen molar-refractivity contribution in [3.05, 3.63) is 81.4 Å². The Bertz CT molecular complexity index is 967. The normalized spacial score (nSPS) is 11.2. The van der Waals surface area contributed by atoms with E-state index >= 15 is 0 Å². The van der Waals surface area contributed by atoms with Crippen molar-refractivity contribution >= 4 is 22.8 Å². The van der Waals surface area contributed by atoms with Gasteiger partial charge in [-0.2, -0.15) is 0 Å². The Balaban J connectivity index is 2.01. The van der Waals surface area contributed by atoms with Gasteiger partial charge in [-0.25, -0.2) is 0 Å². The van der Waals surface area contributed by atoms with Crippen molar-refractivity contribution < 1.29 is 4.79 Å². The monoisotopic (exact) mass is 304 g/mol. The fourth-order valence-corrected chi connectivity index (χ4v) is 2.52. The second-order valence-electron chi connectivity index (χ2n) is 5.48. The highest BCUT2D eigenvalue weighted by atomic mass is 16.1. The minimum atomic E-state index is -0.375. The summed E-state index contributed by atoms with van der Waals surface area (Å²) >= 11 is 0. The summed E-state index contributed by atoms with van der Waals surface area (Å²) in [5.41, 5.74) is 3.19. The molecule has 0 aliphatic rings. The number of fused-ring (bicyclic) bond motifs is 1. The number of aryl methyl sites for hydroxylation is 2. The number of H-pyrrole nitrogens is 1. The van der Waals surface area contributed by atoms with Gasteiger partial charge in [0, 0.05) is 17.8 Å². The van der Waals surface area contributed by atoms with Crippen molar-refractivity contribution in [2.45, 2.75) is 13.8 Å². The van der Waals surface area contributed by atoms with Crippen LogP contribution in [0.5, 0.6) is 0 Å². The quantitative estimate of drug-likeness (QED) is 0.595. The van der Waals surface area contributed by atoms with Crippen LogP contribution in [0.3, 0.4) is 0 Å². The van der Waals surface area contributed by atoms with Crippen LogP contribution in [-0.4, -0.2) is 15.8 Å². The number of hydrogen-bond donors (Lipinski definition) is 1. The van der Waals surface area contributed by atoms with Crippen LogP contribution in [0.15, 0.2) is 53.6 Å². The summed E-state index contributed by atoms with van der Waals surface area (Å²) in [5.74, 6) is -0.310. The van der Waals surface area contributed by atoms with Gasteiger partial charge in [0.2, 0.25) is 0 Å². The number of carbonyl (C=O) groups excluding carboxylic acids is 1. The Labute approximate surface area is 133 Å². The Kier molecular flexibility index (Phi) is 3.89. The molecule has 3 rings (SSSR count). The van der Waals surface area contributed by atoms with Crippen molar-refractivity contribution in [2.75, 3.05) is 0 Å². The van der Waals surface area contributed by atoms with Crippen LogP contribution < -0.4 is 5.56 Å². The van der Waals surface area contributed by atoms with Crippen LogP contribution >= 0.6 is 0 Å². The maximum Gasteiger partial charge on any atom is 0.259 e. The maximum absolute atomic E-state index is 12.4. The topological polar surface area (TPSA) is 62.8 Å². The standard InChI is InChI=1S/C19H16N2O2/c1-12-3-5-14(6-4-12)7-8-17(22)18-13(2)15-11-20-10-9-16(15)21-19(18)23/h3-11H,1-2H3,(H,21,23)/b8-7+. The van der Waals surface area contributed by atoms with Crippen molar-refractivity contribution in [3.8, 4) is 0 Å². The zero-order valence-electron chi connectivity index (χ0n) is 13.0. The zero-order chi connectivity index (χ0) is 16.4. The van der Waals surface area contributed by atoms with E-state index in [9.17, 15) is 9.59 Å². The van der Waals surface area contributed by atoms with Gasteiger partial charge in [0.1, 0.15) is 0 Å². The molecule has 0 aliphatic carbocycles. The molecule has 0 amide bonds. The average Bonchev–Trinajstić information content (AvgIpc) is 2.54. The molecule has 0 spiro atoms. The minimum absolute atomic E-state index is 0.161. The van der Waals surface area contributed by atoms with E-state index in [-0.39, 0.29) is 16.9 Å². The lowest BCUT2D eigenvalue weighted by Crippen LogP contribution is -2.18. The molecule has 0 aliphatic heterocycles. The molecule has 1 aromatic carbocycles. The summed E-state index contributed by atoms with van der Waals surface area (Å²) in [6.07, 6.45) is 6.41. The molecule has 2 aromatic heterocycles. The lowest BCUT2D eigenvalue weighted by molar-refractivity contribution is 0.104. The van der Waals surface area contributed by atoms with Crippen LogP contribution in [0.4, 0.5) is 0 Å². The van der Waals surface area contributed by atoms with E-state index < -0.39 is 0 Å². The molecule has 0 saturated heterocycles. The molecule has 23 heavy (non-hydrogen) atoms. The Morgan fingerprint density at radius 2 is 1.87 bits per heavy atom. The number of benzene rings is 1. The van der Waals surface area contributed by atoms with Gasteiger partial charge in [-0.05, 0) is 37.1 Å². The third kappa shape index (κ3) is 2.97. The summed E-state index contributed by atoms with van der Waals surface area (Å²) in [4.78, 5) is 31.5. The molecular formula is C19H16N2O2. The van der Waals surface area contributed by atoms with Crippen LogP contribution in [0.1, 0.15) is 27.0 Å². The lowest BCUT2D eigenvalue weighted by atomic mass is 10.0. The largest absolute Gasteiger partial charge is 0.321 e. The zero-order valence-corrected chi connectivity index (χ0v) is 13.0. The summed E-state index contributed by atoms with van der Waals surface area (Å²) in [7, 11) is 0. The molecule has 114 valence electrons. The summed E-state index contributed by atoms with van der Waals surface area (Å²) < 4.78 is 0. The average molecular weight is 304 g/mol. The molecule has 3 aromatic rings. The Hall–Kier alpha value is -3.01. The predicted octanol–water partition coefficient (Wildman–Crippen LogP) is 3.44. The first-order valence-corrected chi connectivity index (χ1v) is 7.32. The molecular weight excluding hydrogens is 288 g/mol. The number of aromatic nitrogens is 2. The molecule has 1 N–H and O–H groups in total. The maximum atomic E-state index is 12.4. The molecule has 0 atom stereocenters. The first-order chi connectivity index (χ1) is 11.1. The summed E-state index contributed by atoms with van der Waals surface area (Å²) in [5, 5.41) is 0.777. The Morgan fingerprint density at radius 1 is 1.13 bits per heavy atom. The van der Waals surface area contributed by atoms with Crippen LogP contribution in [0, 0.1) is 13.8 Å². The number of ketones is 1. The van der Waals surface area contributed by atoms with Gasteiger partial charge in [0.15, 0.2) is 5.78 Å². The van der Waals surface area contributed by atoms with E-state index in [2.05, 4.69) is 9.97 Å². The fraction of sp³-hybridized carbons (Fsp3) is 0.105. The third-order valence-electron chi connectivity index (χ3n) is 3.83. The lowest BCUT2D eigenvalue weighted by Gasteiger charge is -2.05. The van der Waals surface area contributed by atoms with E-state index in [0.717, 1.165) is 16.5 Å². The molecule has 2 heterocycles. The highest BCUT2D eigenvalue weighted by Gasteiger charge is 2.14. The van der Waals surface area contributed by atoms with Gasteiger partial charge in [0.25, 0.3) is 5.56 Å². The highest BCUT2D eigenvalue weighted by Crippen LogP contribution is 2.16. The number of hydrogen-bond acceptors (Lipinski definition) is 3. The van der Waals surface area contributed by atoms with E-state index in [1.807, 2.05) is 31.2 Å². The van der Waals surface area contributed by atoms with Crippen molar-refractivity contribution in [1.82, 2.24) is 9.97 Å². The molecule has 4 nitrogen and oxygen atoms in total. The third-order valence-corrected chi connectivity index (χ3v) is 3.83. The second kappa shape index (κ2) is 6.01. The molecule has 0 unspecified atom stereocenters. The molecule has 0 saturated carbocycles. The van der Waals surface area contributed by atoms with Gasteiger partial charge in [-0.3, -0.25) is 14.6 Å². The number of nitrogens with one attached hydrogen (secondary N) is 1. The first-order valence-electron chi connectivity index (χ1n) is 7.32. The van der Waals surface area contributed by atoms with E-state index in [1.165, 1.54) is 6.08 Å². The SMILES string of the molecule is Cc1ccc(/C=C/C(=O)c2c(C)c3cnccc3[nH]c2=O)cc1. The molecule has 0 bridgehead atoms.